The van der Waals surface area contributed by atoms with Crippen molar-refractivity contribution in [3.63, 3.8) is 0 Å². The second-order valence-corrected chi connectivity index (χ2v) is 16.1. The molecule has 0 aromatic heterocycles. The molecule has 0 aromatic carbocycles. The zero-order chi connectivity index (χ0) is 44.4. The maximum Gasteiger partial charge on any atom is 0.306 e. The summed E-state index contributed by atoms with van der Waals surface area (Å²) in [6.07, 6.45) is 63.9. The highest BCUT2D eigenvalue weighted by atomic mass is 16.6. The Kier molecular flexibility index (Phi) is 46.0. The molecule has 0 saturated heterocycles. The summed E-state index contributed by atoms with van der Waals surface area (Å²) in [4.78, 5) is 37.9. The second kappa shape index (κ2) is 49.0. The second-order valence-electron chi connectivity index (χ2n) is 16.1. The molecule has 1 unspecified atom stereocenters. The molecular formula is C55H90O6. The summed E-state index contributed by atoms with van der Waals surface area (Å²) in [5.41, 5.74) is 0. The van der Waals surface area contributed by atoms with Crippen molar-refractivity contribution in [3.05, 3.63) is 97.2 Å². The van der Waals surface area contributed by atoms with Gasteiger partial charge in [-0.15, -0.1) is 0 Å². The first kappa shape index (κ1) is 57.3. The lowest BCUT2D eigenvalue weighted by molar-refractivity contribution is -0.166. The summed E-state index contributed by atoms with van der Waals surface area (Å²) in [5, 5.41) is 0. The third-order valence-corrected chi connectivity index (χ3v) is 10.2. The lowest BCUT2D eigenvalue weighted by Gasteiger charge is -2.18. The van der Waals surface area contributed by atoms with Crippen molar-refractivity contribution in [3.8, 4) is 0 Å². The number of rotatable bonds is 43. The highest BCUT2D eigenvalue weighted by Crippen LogP contribution is 2.13. The summed E-state index contributed by atoms with van der Waals surface area (Å²) in [6, 6.07) is 0. The summed E-state index contributed by atoms with van der Waals surface area (Å²) in [6.45, 7) is 6.36. The molecular weight excluding hydrogens is 757 g/mol. The van der Waals surface area contributed by atoms with Crippen molar-refractivity contribution >= 4 is 17.9 Å². The molecule has 0 heterocycles. The molecule has 0 fully saturated rings. The SMILES string of the molecule is CC\C=C/C=C\C=C/C=C\CCCCCCCC(=O)OCC(COC(=O)CC/C=C\C/C=C\CCCCCCCC)OC(=O)CCCCCCCC/C=C\C=C/CCCCC. The summed E-state index contributed by atoms with van der Waals surface area (Å²) in [5.74, 6) is -1.02. The largest absolute Gasteiger partial charge is 0.462 e. The van der Waals surface area contributed by atoms with Crippen LogP contribution in [0, 0.1) is 0 Å². The first-order valence-electron chi connectivity index (χ1n) is 24.8. The zero-order valence-electron chi connectivity index (χ0n) is 39.4. The summed E-state index contributed by atoms with van der Waals surface area (Å²) < 4.78 is 16.7. The molecule has 0 saturated carbocycles. The average Bonchev–Trinajstić information content (AvgIpc) is 3.26. The lowest BCUT2D eigenvalue weighted by atomic mass is 10.1. The van der Waals surface area contributed by atoms with E-state index in [-0.39, 0.29) is 37.5 Å². The third-order valence-electron chi connectivity index (χ3n) is 10.2. The number of carbonyl (C=O) groups is 3. The molecule has 0 spiro atoms. The summed E-state index contributed by atoms with van der Waals surface area (Å²) >= 11 is 0. The van der Waals surface area contributed by atoms with Crippen LogP contribution in [0.15, 0.2) is 97.2 Å². The number of esters is 3. The molecule has 0 N–H and O–H groups in total. The Balaban J connectivity index is 4.53. The highest BCUT2D eigenvalue weighted by Gasteiger charge is 2.19. The number of allylic oxidation sites excluding steroid dienone is 16. The Morgan fingerprint density at radius 1 is 0.361 bits per heavy atom. The van der Waals surface area contributed by atoms with Crippen molar-refractivity contribution in [1.82, 2.24) is 0 Å². The van der Waals surface area contributed by atoms with Gasteiger partial charge in [-0.3, -0.25) is 14.4 Å². The minimum atomic E-state index is -0.816. The molecule has 0 aliphatic carbocycles. The van der Waals surface area contributed by atoms with Gasteiger partial charge < -0.3 is 14.2 Å². The van der Waals surface area contributed by atoms with Gasteiger partial charge in [0, 0.05) is 19.3 Å². The lowest BCUT2D eigenvalue weighted by Crippen LogP contribution is -2.30. The van der Waals surface area contributed by atoms with E-state index in [1.807, 2.05) is 30.4 Å². The van der Waals surface area contributed by atoms with Crippen LogP contribution in [0.4, 0.5) is 0 Å². The zero-order valence-corrected chi connectivity index (χ0v) is 39.4. The van der Waals surface area contributed by atoms with Crippen LogP contribution in [0.3, 0.4) is 0 Å². The molecule has 61 heavy (non-hydrogen) atoms. The first-order valence-corrected chi connectivity index (χ1v) is 24.8. The van der Waals surface area contributed by atoms with E-state index in [0.29, 0.717) is 19.3 Å². The monoisotopic (exact) mass is 847 g/mol. The van der Waals surface area contributed by atoms with E-state index in [1.165, 1.54) is 77.0 Å². The van der Waals surface area contributed by atoms with Gasteiger partial charge in [-0.25, -0.2) is 0 Å². The summed E-state index contributed by atoms with van der Waals surface area (Å²) in [7, 11) is 0. The first-order chi connectivity index (χ1) is 30.0. The van der Waals surface area contributed by atoms with Crippen molar-refractivity contribution < 1.29 is 28.6 Å². The molecule has 0 rings (SSSR count). The predicted octanol–water partition coefficient (Wildman–Crippen LogP) is 16.2. The van der Waals surface area contributed by atoms with E-state index >= 15 is 0 Å². The molecule has 0 aromatic rings. The Morgan fingerprint density at radius 2 is 0.738 bits per heavy atom. The fourth-order valence-electron chi connectivity index (χ4n) is 6.44. The number of hydrogen-bond acceptors (Lipinski definition) is 6. The van der Waals surface area contributed by atoms with Gasteiger partial charge in [-0.05, 0) is 83.5 Å². The topological polar surface area (TPSA) is 78.9 Å². The van der Waals surface area contributed by atoms with Gasteiger partial charge in [0.2, 0.25) is 0 Å². The Bertz CT molecular complexity index is 1250. The van der Waals surface area contributed by atoms with Crippen LogP contribution >= 0.6 is 0 Å². The normalized spacial score (nSPS) is 12.9. The van der Waals surface area contributed by atoms with Crippen molar-refractivity contribution in [2.24, 2.45) is 0 Å². The predicted molar refractivity (Wildman–Crippen MR) is 260 cm³/mol. The van der Waals surface area contributed by atoms with E-state index < -0.39 is 6.10 Å². The number of ether oxygens (including phenoxy) is 3. The van der Waals surface area contributed by atoms with Gasteiger partial charge in [-0.2, -0.15) is 0 Å². The molecule has 0 bridgehead atoms. The number of hydrogen-bond donors (Lipinski definition) is 0. The van der Waals surface area contributed by atoms with E-state index in [9.17, 15) is 14.4 Å². The van der Waals surface area contributed by atoms with E-state index in [2.05, 4.69) is 87.6 Å². The van der Waals surface area contributed by atoms with Crippen LogP contribution in [0.2, 0.25) is 0 Å². The van der Waals surface area contributed by atoms with Crippen molar-refractivity contribution in [1.29, 1.82) is 0 Å². The smallest absolute Gasteiger partial charge is 0.306 e. The van der Waals surface area contributed by atoms with Gasteiger partial charge in [0.25, 0.3) is 0 Å². The van der Waals surface area contributed by atoms with E-state index in [4.69, 9.17) is 14.2 Å². The van der Waals surface area contributed by atoms with Crippen LogP contribution in [-0.2, 0) is 28.6 Å². The van der Waals surface area contributed by atoms with Crippen molar-refractivity contribution in [2.75, 3.05) is 13.2 Å². The minimum absolute atomic E-state index is 0.113. The van der Waals surface area contributed by atoms with Gasteiger partial charge in [-0.1, -0.05) is 208 Å². The fourth-order valence-corrected chi connectivity index (χ4v) is 6.44. The van der Waals surface area contributed by atoms with Crippen LogP contribution in [0.5, 0.6) is 0 Å². The fraction of sp³-hybridized carbons (Fsp3) is 0.655. The quantitative estimate of drug-likeness (QED) is 0.0200. The molecule has 346 valence electrons. The van der Waals surface area contributed by atoms with Gasteiger partial charge in [0.15, 0.2) is 6.10 Å². The number of unbranched alkanes of at least 4 members (excludes halogenated alkanes) is 20. The van der Waals surface area contributed by atoms with Crippen LogP contribution < -0.4 is 0 Å². The molecule has 1 atom stereocenters. The Hall–Kier alpha value is -3.67. The van der Waals surface area contributed by atoms with Gasteiger partial charge in [0.1, 0.15) is 13.2 Å². The van der Waals surface area contributed by atoms with Crippen LogP contribution in [-0.4, -0.2) is 37.2 Å². The van der Waals surface area contributed by atoms with Crippen molar-refractivity contribution in [2.45, 2.75) is 219 Å². The van der Waals surface area contributed by atoms with Gasteiger partial charge >= 0.3 is 17.9 Å². The number of carbonyl (C=O) groups excluding carboxylic acids is 3. The maximum atomic E-state index is 12.8. The highest BCUT2D eigenvalue weighted by molar-refractivity contribution is 5.71. The van der Waals surface area contributed by atoms with E-state index in [0.717, 1.165) is 89.9 Å². The molecule has 6 nitrogen and oxygen atoms in total. The minimum Gasteiger partial charge on any atom is -0.462 e. The van der Waals surface area contributed by atoms with Crippen LogP contribution in [0.1, 0.15) is 213 Å². The standard InChI is InChI=1S/C55H90O6/c1-4-7-10-13-16-19-22-25-27-30-33-36-39-42-45-48-54(57)60-51-52(50-59-53(56)47-44-41-38-35-32-29-24-21-18-15-12-9-6-3)61-55(58)49-46-43-40-37-34-31-28-26-23-20-17-14-11-8-5-2/h7,10,13,16-17,19-20,22-23,25-27,29,32,38,41,52H,4-6,8-9,11-12,14-15,18,21,24,28,30-31,33-37,39-40,42-51H2,1-3H3/b10-7-,16-13-,20-17-,22-19-,26-23-,27-25-,32-29-,41-38-. The molecule has 0 radical (unpaired) electrons. The molecule has 0 amide bonds. The third kappa shape index (κ3) is 47.2. The molecule has 0 aliphatic heterocycles. The Morgan fingerprint density at radius 3 is 1.28 bits per heavy atom. The maximum absolute atomic E-state index is 12.8. The Labute approximate surface area is 375 Å². The molecule has 6 heteroatoms. The molecule has 0 aliphatic rings. The van der Waals surface area contributed by atoms with E-state index in [1.54, 1.807) is 0 Å². The average molecular weight is 847 g/mol. The van der Waals surface area contributed by atoms with Gasteiger partial charge in [0.05, 0.1) is 0 Å². The van der Waals surface area contributed by atoms with Crippen LogP contribution in [0.25, 0.3) is 0 Å².